The Hall–Kier alpha value is -1.88. The Morgan fingerprint density at radius 1 is 1.33 bits per heavy atom. The standard InChI is InChI=1S/C16H20N4S/c17-16(18-9-12-5-4-6-12)19-10-15-20-14(11-21-15)13-7-2-1-3-8-13/h1-3,7-8,11-12H,4-6,9-10H2,(H3,17,18,19). The fourth-order valence-electron chi connectivity index (χ4n) is 2.28. The Morgan fingerprint density at radius 2 is 2.14 bits per heavy atom. The van der Waals surface area contributed by atoms with Gasteiger partial charge in [0.25, 0.3) is 0 Å². The van der Waals surface area contributed by atoms with Gasteiger partial charge in [-0.15, -0.1) is 11.3 Å². The van der Waals surface area contributed by atoms with E-state index in [1.807, 2.05) is 18.2 Å². The summed E-state index contributed by atoms with van der Waals surface area (Å²) in [5, 5.41) is 6.25. The van der Waals surface area contributed by atoms with E-state index in [9.17, 15) is 0 Å². The average Bonchev–Trinajstić information content (AvgIpc) is 2.93. The van der Waals surface area contributed by atoms with E-state index in [1.165, 1.54) is 19.3 Å². The summed E-state index contributed by atoms with van der Waals surface area (Å²) in [6.07, 6.45) is 3.98. The topological polar surface area (TPSA) is 63.3 Å². The molecule has 3 rings (SSSR count). The highest BCUT2D eigenvalue weighted by molar-refractivity contribution is 7.09. The fraction of sp³-hybridized carbons (Fsp3) is 0.375. The molecule has 0 aliphatic heterocycles. The number of nitrogens with zero attached hydrogens (tertiary/aromatic N) is 2. The van der Waals surface area contributed by atoms with Crippen LogP contribution in [0.25, 0.3) is 11.3 Å². The summed E-state index contributed by atoms with van der Waals surface area (Å²) in [4.78, 5) is 8.97. The predicted octanol–water partition coefficient (Wildman–Crippen LogP) is 3.01. The number of thiazole rings is 1. The number of rotatable bonds is 5. The third-order valence-corrected chi connectivity index (χ3v) is 4.64. The first-order valence-electron chi connectivity index (χ1n) is 7.35. The van der Waals surface area contributed by atoms with Crippen LogP contribution in [0.2, 0.25) is 0 Å². The molecule has 110 valence electrons. The molecule has 21 heavy (non-hydrogen) atoms. The van der Waals surface area contributed by atoms with Gasteiger partial charge in [-0.05, 0) is 18.8 Å². The molecule has 1 aliphatic carbocycles. The maximum atomic E-state index is 5.88. The van der Waals surface area contributed by atoms with Gasteiger partial charge < -0.3 is 11.1 Å². The van der Waals surface area contributed by atoms with Gasteiger partial charge in [0.15, 0.2) is 5.96 Å². The molecule has 1 aromatic carbocycles. The highest BCUT2D eigenvalue weighted by atomic mass is 32.1. The van der Waals surface area contributed by atoms with Crippen molar-refractivity contribution in [2.24, 2.45) is 16.6 Å². The lowest BCUT2D eigenvalue weighted by Gasteiger charge is -2.25. The quantitative estimate of drug-likeness (QED) is 0.659. The second kappa shape index (κ2) is 6.72. The van der Waals surface area contributed by atoms with Crippen molar-refractivity contribution in [2.45, 2.75) is 25.8 Å². The van der Waals surface area contributed by atoms with Crippen molar-refractivity contribution in [3.05, 3.63) is 40.7 Å². The Bertz CT molecular complexity index is 602. The number of benzene rings is 1. The number of nitrogens with one attached hydrogen (secondary N) is 1. The minimum atomic E-state index is 0.526. The lowest BCUT2D eigenvalue weighted by molar-refractivity contribution is 0.315. The summed E-state index contributed by atoms with van der Waals surface area (Å²) >= 11 is 1.62. The van der Waals surface area contributed by atoms with Gasteiger partial charge in [0.1, 0.15) is 5.01 Å². The number of aromatic nitrogens is 1. The van der Waals surface area contributed by atoms with E-state index in [0.717, 1.165) is 28.7 Å². The molecule has 2 aromatic rings. The third kappa shape index (κ3) is 3.82. The van der Waals surface area contributed by atoms with E-state index in [1.54, 1.807) is 11.3 Å². The molecule has 1 fully saturated rings. The summed E-state index contributed by atoms with van der Waals surface area (Å²) < 4.78 is 0. The lowest BCUT2D eigenvalue weighted by atomic mass is 9.85. The van der Waals surface area contributed by atoms with E-state index in [0.29, 0.717) is 12.5 Å². The van der Waals surface area contributed by atoms with Crippen LogP contribution >= 0.6 is 11.3 Å². The molecule has 0 amide bonds. The Morgan fingerprint density at radius 3 is 2.86 bits per heavy atom. The first-order chi connectivity index (χ1) is 10.3. The van der Waals surface area contributed by atoms with Gasteiger partial charge in [0.05, 0.1) is 12.2 Å². The molecule has 0 unspecified atom stereocenters. The van der Waals surface area contributed by atoms with Crippen LogP contribution in [0.4, 0.5) is 0 Å². The number of hydrogen-bond donors (Lipinski definition) is 2. The van der Waals surface area contributed by atoms with Crippen molar-refractivity contribution in [1.29, 1.82) is 0 Å². The molecule has 3 N–H and O–H groups in total. The van der Waals surface area contributed by atoms with Crippen molar-refractivity contribution < 1.29 is 0 Å². The zero-order valence-corrected chi connectivity index (χ0v) is 12.8. The molecule has 0 spiro atoms. The normalized spacial score (nSPS) is 15.7. The molecule has 1 aliphatic rings. The molecule has 4 nitrogen and oxygen atoms in total. The van der Waals surface area contributed by atoms with E-state index in [-0.39, 0.29) is 0 Å². The highest BCUT2D eigenvalue weighted by Gasteiger charge is 2.16. The molecular formula is C16H20N4S. The van der Waals surface area contributed by atoms with Crippen LogP contribution < -0.4 is 11.1 Å². The SMILES string of the molecule is NC(=NCc1nc(-c2ccccc2)cs1)NCC1CCC1. The largest absolute Gasteiger partial charge is 0.370 e. The van der Waals surface area contributed by atoms with E-state index in [4.69, 9.17) is 5.73 Å². The van der Waals surface area contributed by atoms with Gasteiger partial charge >= 0.3 is 0 Å². The third-order valence-electron chi connectivity index (χ3n) is 3.80. The van der Waals surface area contributed by atoms with Crippen molar-refractivity contribution in [2.75, 3.05) is 6.54 Å². The van der Waals surface area contributed by atoms with Crippen LogP contribution in [0.3, 0.4) is 0 Å². The van der Waals surface area contributed by atoms with Crippen molar-refractivity contribution in [1.82, 2.24) is 10.3 Å². The number of aliphatic imine (C=N–C) groups is 1. The monoisotopic (exact) mass is 300 g/mol. The molecule has 0 bridgehead atoms. The maximum Gasteiger partial charge on any atom is 0.189 e. The van der Waals surface area contributed by atoms with Crippen molar-refractivity contribution in [3.63, 3.8) is 0 Å². The zero-order valence-electron chi connectivity index (χ0n) is 12.0. The average molecular weight is 300 g/mol. The highest BCUT2D eigenvalue weighted by Crippen LogP contribution is 2.25. The van der Waals surface area contributed by atoms with E-state index < -0.39 is 0 Å². The fourth-order valence-corrected chi connectivity index (χ4v) is 3.01. The molecule has 0 radical (unpaired) electrons. The predicted molar refractivity (Wildman–Crippen MR) is 88.2 cm³/mol. The Labute approximate surface area is 129 Å². The summed E-state index contributed by atoms with van der Waals surface area (Å²) in [7, 11) is 0. The molecule has 1 heterocycles. The van der Waals surface area contributed by atoms with Gasteiger partial charge in [0.2, 0.25) is 0 Å². The van der Waals surface area contributed by atoms with Gasteiger partial charge in [-0.25, -0.2) is 9.98 Å². The second-order valence-corrected chi connectivity index (χ2v) is 6.31. The number of hydrogen-bond acceptors (Lipinski definition) is 3. The van der Waals surface area contributed by atoms with Crippen molar-refractivity contribution >= 4 is 17.3 Å². The summed E-state index contributed by atoms with van der Waals surface area (Å²) in [5.41, 5.74) is 8.03. The second-order valence-electron chi connectivity index (χ2n) is 5.37. The van der Waals surface area contributed by atoms with Gasteiger partial charge in [0, 0.05) is 17.5 Å². The van der Waals surface area contributed by atoms with Crippen LogP contribution in [0.15, 0.2) is 40.7 Å². The van der Waals surface area contributed by atoms with E-state index >= 15 is 0 Å². The smallest absolute Gasteiger partial charge is 0.189 e. The van der Waals surface area contributed by atoms with Crippen LogP contribution in [0, 0.1) is 5.92 Å². The van der Waals surface area contributed by atoms with Crippen LogP contribution in [0.1, 0.15) is 24.3 Å². The molecule has 5 heteroatoms. The van der Waals surface area contributed by atoms with Gasteiger partial charge in [-0.2, -0.15) is 0 Å². The maximum absolute atomic E-state index is 5.88. The van der Waals surface area contributed by atoms with Gasteiger partial charge in [-0.1, -0.05) is 36.8 Å². The molecular weight excluding hydrogens is 280 g/mol. The first-order valence-corrected chi connectivity index (χ1v) is 8.23. The van der Waals surface area contributed by atoms with Crippen molar-refractivity contribution in [3.8, 4) is 11.3 Å². The van der Waals surface area contributed by atoms with E-state index in [2.05, 4.69) is 32.8 Å². The Balaban J connectivity index is 1.54. The van der Waals surface area contributed by atoms with Gasteiger partial charge in [-0.3, -0.25) is 0 Å². The van der Waals surface area contributed by atoms with Crippen LogP contribution in [-0.2, 0) is 6.54 Å². The first kappa shape index (κ1) is 14.1. The molecule has 1 saturated carbocycles. The summed E-state index contributed by atoms with van der Waals surface area (Å²) in [5.74, 6) is 1.31. The molecule has 0 saturated heterocycles. The zero-order chi connectivity index (χ0) is 14.5. The summed E-state index contributed by atoms with van der Waals surface area (Å²) in [6, 6.07) is 10.2. The summed E-state index contributed by atoms with van der Waals surface area (Å²) in [6.45, 7) is 1.49. The van der Waals surface area contributed by atoms with Crippen LogP contribution in [-0.4, -0.2) is 17.5 Å². The number of guanidine groups is 1. The lowest BCUT2D eigenvalue weighted by Crippen LogP contribution is -2.37. The minimum absolute atomic E-state index is 0.526. The minimum Gasteiger partial charge on any atom is -0.370 e. The van der Waals surface area contributed by atoms with Crippen LogP contribution in [0.5, 0.6) is 0 Å². The number of nitrogens with two attached hydrogens (primary N) is 1. The Kier molecular flexibility index (Phi) is 4.50. The molecule has 1 aromatic heterocycles. The molecule has 0 atom stereocenters.